The van der Waals surface area contributed by atoms with Crippen LogP contribution in [0.25, 0.3) is 0 Å². The van der Waals surface area contributed by atoms with Gasteiger partial charge in [0.05, 0.1) is 0 Å². The molecule has 0 aromatic rings. The average Bonchev–Trinajstić information content (AvgIpc) is 2.13. The molecular formula is C11H22N2O. The molecule has 1 aliphatic rings. The lowest BCUT2D eigenvalue weighted by Gasteiger charge is -2.25. The maximum atomic E-state index is 10.9. The minimum absolute atomic E-state index is 0.144. The zero-order valence-corrected chi connectivity index (χ0v) is 9.14. The molecule has 0 aromatic carbocycles. The first-order valence-electron chi connectivity index (χ1n) is 5.74. The van der Waals surface area contributed by atoms with E-state index in [1.165, 1.54) is 25.7 Å². The topological polar surface area (TPSA) is 41.1 Å². The van der Waals surface area contributed by atoms with Gasteiger partial charge in [0.15, 0.2) is 0 Å². The molecule has 14 heavy (non-hydrogen) atoms. The Morgan fingerprint density at radius 2 is 2.14 bits per heavy atom. The smallest absolute Gasteiger partial charge is 0.219 e. The van der Waals surface area contributed by atoms with Gasteiger partial charge in [-0.25, -0.2) is 0 Å². The van der Waals surface area contributed by atoms with E-state index in [0.29, 0.717) is 6.42 Å². The summed E-state index contributed by atoms with van der Waals surface area (Å²) >= 11 is 0. The van der Waals surface area contributed by atoms with E-state index < -0.39 is 0 Å². The summed E-state index contributed by atoms with van der Waals surface area (Å²) in [5, 5.41) is 6.01. The van der Waals surface area contributed by atoms with E-state index in [1.807, 2.05) is 0 Å². The number of nitrogens with one attached hydrogen (secondary N) is 2. The highest BCUT2D eigenvalue weighted by Crippen LogP contribution is 2.28. The lowest BCUT2D eigenvalue weighted by atomic mass is 9.83. The SMILES string of the molecule is CNC(=O)CCCNCCC1CCC1. The number of rotatable bonds is 7. The van der Waals surface area contributed by atoms with Crippen LogP contribution in [0.15, 0.2) is 0 Å². The van der Waals surface area contributed by atoms with E-state index in [-0.39, 0.29) is 5.91 Å². The van der Waals surface area contributed by atoms with Crippen molar-refractivity contribution >= 4 is 5.91 Å². The number of hydrogen-bond acceptors (Lipinski definition) is 2. The molecular weight excluding hydrogens is 176 g/mol. The summed E-state index contributed by atoms with van der Waals surface area (Å²) in [5.41, 5.74) is 0. The number of hydrogen-bond donors (Lipinski definition) is 2. The molecule has 0 spiro atoms. The van der Waals surface area contributed by atoms with Crippen molar-refractivity contribution in [2.24, 2.45) is 5.92 Å². The van der Waals surface area contributed by atoms with E-state index in [9.17, 15) is 4.79 Å². The zero-order valence-electron chi connectivity index (χ0n) is 9.14. The van der Waals surface area contributed by atoms with Crippen LogP contribution in [-0.4, -0.2) is 26.0 Å². The van der Waals surface area contributed by atoms with Crippen LogP contribution >= 0.6 is 0 Å². The van der Waals surface area contributed by atoms with E-state index >= 15 is 0 Å². The molecule has 1 amide bonds. The van der Waals surface area contributed by atoms with Gasteiger partial charge in [-0.05, 0) is 31.8 Å². The number of amides is 1. The molecule has 0 aliphatic heterocycles. The first-order chi connectivity index (χ1) is 6.83. The lowest BCUT2D eigenvalue weighted by molar-refractivity contribution is -0.120. The fourth-order valence-corrected chi connectivity index (χ4v) is 1.71. The third-order valence-corrected chi connectivity index (χ3v) is 2.99. The summed E-state index contributed by atoms with van der Waals surface area (Å²) in [4.78, 5) is 10.9. The van der Waals surface area contributed by atoms with Crippen LogP contribution in [0.4, 0.5) is 0 Å². The highest BCUT2D eigenvalue weighted by Gasteiger charge is 2.15. The predicted molar refractivity (Wildman–Crippen MR) is 58.1 cm³/mol. The fourth-order valence-electron chi connectivity index (χ4n) is 1.71. The Kier molecular flexibility index (Phi) is 5.60. The van der Waals surface area contributed by atoms with Gasteiger partial charge in [-0.15, -0.1) is 0 Å². The summed E-state index contributed by atoms with van der Waals surface area (Å²) in [6, 6.07) is 0. The fraction of sp³-hybridized carbons (Fsp3) is 0.909. The Morgan fingerprint density at radius 1 is 1.36 bits per heavy atom. The molecule has 0 saturated heterocycles. The second-order valence-corrected chi connectivity index (χ2v) is 4.11. The van der Waals surface area contributed by atoms with Gasteiger partial charge in [-0.2, -0.15) is 0 Å². The average molecular weight is 198 g/mol. The summed E-state index contributed by atoms with van der Waals surface area (Å²) in [7, 11) is 1.69. The molecule has 0 aromatic heterocycles. The van der Waals surface area contributed by atoms with Gasteiger partial charge >= 0.3 is 0 Å². The van der Waals surface area contributed by atoms with Gasteiger partial charge in [0.25, 0.3) is 0 Å². The van der Waals surface area contributed by atoms with E-state index in [4.69, 9.17) is 0 Å². The Morgan fingerprint density at radius 3 is 2.71 bits per heavy atom. The van der Waals surface area contributed by atoms with Crippen LogP contribution in [0, 0.1) is 5.92 Å². The maximum Gasteiger partial charge on any atom is 0.219 e. The van der Waals surface area contributed by atoms with Crippen molar-refractivity contribution in [3.05, 3.63) is 0 Å². The Hall–Kier alpha value is -0.570. The van der Waals surface area contributed by atoms with Gasteiger partial charge < -0.3 is 10.6 Å². The van der Waals surface area contributed by atoms with Gasteiger partial charge in [0, 0.05) is 13.5 Å². The highest BCUT2D eigenvalue weighted by atomic mass is 16.1. The monoisotopic (exact) mass is 198 g/mol. The second kappa shape index (κ2) is 6.82. The molecule has 1 fully saturated rings. The largest absolute Gasteiger partial charge is 0.359 e. The molecule has 2 N–H and O–H groups in total. The Bertz CT molecular complexity index is 167. The van der Waals surface area contributed by atoms with Crippen LogP contribution in [0.3, 0.4) is 0 Å². The van der Waals surface area contributed by atoms with Gasteiger partial charge in [0.1, 0.15) is 0 Å². The van der Waals surface area contributed by atoms with Crippen LogP contribution in [0.2, 0.25) is 0 Å². The summed E-state index contributed by atoms with van der Waals surface area (Å²) in [6.07, 6.45) is 7.21. The quantitative estimate of drug-likeness (QED) is 0.605. The van der Waals surface area contributed by atoms with E-state index in [2.05, 4.69) is 10.6 Å². The molecule has 82 valence electrons. The molecule has 1 aliphatic carbocycles. The summed E-state index contributed by atoms with van der Waals surface area (Å²) in [6.45, 7) is 2.10. The molecule has 3 nitrogen and oxygen atoms in total. The maximum absolute atomic E-state index is 10.9. The van der Waals surface area contributed by atoms with Gasteiger partial charge in [-0.1, -0.05) is 19.3 Å². The van der Waals surface area contributed by atoms with Crippen LogP contribution in [-0.2, 0) is 4.79 Å². The molecule has 3 heteroatoms. The molecule has 0 unspecified atom stereocenters. The number of carbonyl (C=O) groups excluding carboxylic acids is 1. The Labute approximate surface area is 86.6 Å². The molecule has 0 bridgehead atoms. The van der Waals surface area contributed by atoms with Crippen molar-refractivity contribution in [3.63, 3.8) is 0 Å². The molecule has 1 rings (SSSR count). The third kappa shape index (κ3) is 4.61. The van der Waals surface area contributed by atoms with Gasteiger partial charge in [0.2, 0.25) is 5.91 Å². The van der Waals surface area contributed by atoms with Crippen molar-refractivity contribution < 1.29 is 4.79 Å². The minimum atomic E-state index is 0.144. The molecule has 0 atom stereocenters. The van der Waals surface area contributed by atoms with Crippen LogP contribution in [0.1, 0.15) is 38.5 Å². The van der Waals surface area contributed by atoms with Gasteiger partial charge in [-0.3, -0.25) is 4.79 Å². The predicted octanol–water partition coefficient (Wildman–Crippen LogP) is 1.29. The number of carbonyl (C=O) groups is 1. The zero-order chi connectivity index (χ0) is 10.2. The highest BCUT2D eigenvalue weighted by molar-refractivity contribution is 5.75. The lowest BCUT2D eigenvalue weighted by Crippen LogP contribution is -2.24. The van der Waals surface area contributed by atoms with Crippen molar-refractivity contribution in [1.29, 1.82) is 0 Å². The second-order valence-electron chi connectivity index (χ2n) is 4.11. The molecule has 0 radical (unpaired) electrons. The van der Waals surface area contributed by atoms with Crippen molar-refractivity contribution in [2.75, 3.05) is 20.1 Å². The molecule has 0 heterocycles. The third-order valence-electron chi connectivity index (χ3n) is 2.99. The summed E-state index contributed by atoms with van der Waals surface area (Å²) < 4.78 is 0. The summed E-state index contributed by atoms with van der Waals surface area (Å²) in [5.74, 6) is 1.13. The molecule has 1 saturated carbocycles. The van der Waals surface area contributed by atoms with Crippen molar-refractivity contribution in [1.82, 2.24) is 10.6 Å². The van der Waals surface area contributed by atoms with E-state index in [0.717, 1.165) is 25.4 Å². The first-order valence-corrected chi connectivity index (χ1v) is 5.74. The normalized spacial score (nSPS) is 16.4. The standard InChI is InChI=1S/C11H22N2O/c1-12-11(14)6-3-8-13-9-7-10-4-2-5-10/h10,13H,2-9H2,1H3,(H,12,14). The minimum Gasteiger partial charge on any atom is -0.359 e. The van der Waals surface area contributed by atoms with E-state index in [1.54, 1.807) is 7.05 Å². The first kappa shape index (κ1) is 11.5. The Balaban J connectivity index is 1.77. The van der Waals surface area contributed by atoms with Crippen molar-refractivity contribution in [3.8, 4) is 0 Å². The van der Waals surface area contributed by atoms with Crippen LogP contribution < -0.4 is 10.6 Å². The van der Waals surface area contributed by atoms with Crippen LogP contribution in [0.5, 0.6) is 0 Å². The van der Waals surface area contributed by atoms with Crippen molar-refractivity contribution in [2.45, 2.75) is 38.5 Å².